The van der Waals surface area contributed by atoms with Crippen molar-refractivity contribution in [2.45, 2.75) is 38.5 Å². The number of benzene rings is 1. The van der Waals surface area contributed by atoms with Crippen LogP contribution in [0.1, 0.15) is 45.6 Å². The van der Waals surface area contributed by atoms with E-state index < -0.39 is 0 Å². The zero-order valence-corrected chi connectivity index (χ0v) is 17.5. The molecule has 0 fully saturated rings. The summed E-state index contributed by atoms with van der Waals surface area (Å²) in [6.07, 6.45) is 4.97. The molecule has 1 aromatic carbocycles. The van der Waals surface area contributed by atoms with Crippen LogP contribution in [0.25, 0.3) is 0 Å². The molecule has 1 aliphatic carbocycles. The molecular weight excluding hydrogens is 396 g/mol. The lowest BCUT2D eigenvalue weighted by atomic mass is 9.95. The van der Waals surface area contributed by atoms with Crippen LogP contribution >= 0.6 is 22.9 Å². The number of carbonyl (C=O) groups excluding carboxylic acids is 2. The Kier molecular flexibility index (Phi) is 7.48. The van der Waals surface area contributed by atoms with Gasteiger partial charge >= 0.3 is 0 Å². The molecule has 0 unspecified atom stereocenters. The third kappa shape index (κ3) is 5.13. The van der Waals surface area contributed by atoms with E-state index in [0.717, 1.165) is 43.2 Å². The van der Waals surface area contributed by atoms with Gasteiger partial charge in [0.2, 0.25) is 5.91 Å². The Hall–Kier alpha value is -1.89. The summed E-state index contributed by atoms with van der Waals surface area (Å²) in [6, 6.07) is 7.30. The Balaban J connectivity index is 1.76. The molecular formula is C21H25ClN2O3S. The molecule has 3 rings (SSSR count). The standard InChI is InChI=1S/C21H25ClN2O3S/c1-27-12-6-11-23-20(26)19-15-8-3-5-10-17(15)28-21(19)24-18(25)13-14-7-2-4-9-16(14)22/h2,4,7,9H,3,5-6,8,10-13H2,1H3,(H,23,26)(H,24,25). The van der Waals surface area contributed by atoms with Crippen LogP contribution < -0.4 is 10.6 Å². The third-order valence-corrected chi connectivity index (χ3v) is 6.35. The van der Waals surface area contributed by atoms with E-state index in [1.54, 1.807) is 13.2 Å². The zero-order chi connectivity index (χ0) is 19.9. The van der Waals surface area contributed by atoms with Gasteiger partial charge in [-0.2, -0.15) is 0 Å². The van der Waals surface area contributed by atoms with Crippen LogP contribution in [0.2, 0.25) is 5.02 Å². The molecule has 0 bridgehead atoms. The Morgan fingerprint density at radius 3 is 2.79 bits per heavy atom. The predicted molar refractivity (Wildman–Crippen MR) is 114 cm³/mol. The summed E-state index contributed by atoms with van der Waals surface area (Å²) in [5.41, 5.74) is 2.49. The fraction of sp³-hybridized carbons (Fsp3) is 0.429. The smallest absolute Gasteiger partial charge is 0.254 e. The molecule has 0 atom stereocenters. The maximum atomic E-state index is 12.8. The van der Waals surface area contributed by atoms with E-state index in [9.17, 15) is 9.59 Å². The molecule has 1 aromatic heterocycles. The van der Waals surface area contributed by atoms with Crippen molar-refractivity contribution in [3.63, 3.8) is 0 Å². The summed E-state index contributed by atoms with van der Waals surface area (Å²) in [5.74, 6) is -0.288. The van der Waals surface area contributed by atoms with E-state index >= 15 is 0 Å². The fourth-order valence-electron chi connectivity index (χ4n) is 3.39. The highest BCUT2D eigenvalue weighted by Gasteiger charge is 2.26. The van der Waals surface area contributed by atoms with Crippen molar-refractivity contribution < 1.29 is 14.3 Å². The lowest BCUT2D eigenvalue weighted by molar-refractivity contribution is -0.115. The van der Waals surface area contributed by atoms with Gasteiger partial charge in [0.05, 0.1) is 12.0 Å². The quantitative estimate of drug-likeness (QED) is 0.628. The molecule has 5 nitrogen and oxygen atoms in total. The Labute approximate surface area is 174 Å². The van der Waals surface area contributed by atoms with Crippen molar-refractivity contribution >= 4 is 39.8 Å². The van der Waals surface area contributed by atoms with Crippen LogP contribution in [0, 0.1) is 0 Å². The van der Waals surface area contributed by atoms with Gasteiger partial charge in [0.1, 0.15) is 5.00 Å². The molecule has 1 heterocycles. The van der Waals surface area contributed by atoms with Crippen LogP contribution in [-0.2, 0) is 28.8 Å². The van der Waals surface area contributed by atoms with E-state index in [-0.39, 0.29) is 18.2 Å². The van der Waals surface area contributed by atoms with E-state index in [2.05, 4.69) is 10.6 Å². The Bertz CT molecular complexity index is 850. The lowest BCUT2D eigenvalue weighted by Gasteiger charge is -2.13. The molecule has 2 N–H and O–H groups in total. The first-order chi connectivity index (χ1) is 13.6. The van der Waals surface area contributed by atoms with Gasteiger partial charge in [-0.25, -0.2) is 0 Å². The highest BCUT2D eigenvalue weighted by Crippen LogP contribution is 2.38. The van der Waals surface area contributed by atoms with Gasteiger partial charge in [0.15, 0.2) is 0 Å². The maximum absolute atomic E-state index is 12.8. The average Bonchev–Trinajstić information content (AvgIpc) is 3.04. The average molecular weight is 421 g/mol. The second-order valence-corrected chi connectivity index (χ2v) is 8.35. The van der Waals surface area contributed by atoms with Gasteiger partial charge in [-0.15, -0.1) is 11.3 Å². The monoisotopic (exact) mass is 420 g/mol. The molecule has 2 aromatic rings. The van der Waals surface area contributed by atoms with Crippen molar-refractivity contribution in [2.24, 2.45) is 0 Å². The predicted octanol–water partition coefficient (Wildman–Crippen LogP) is 4.23. The fourth-order valence-corrected chi connectivity index (χ4v) is 4.89. The summed E-state index contributed by atoms with van der Waals surface area (Å²) in [5, 5.41) is 7.13. The maximum Gasteiger partial charge on any atom is 0.254 e. The number of thiophene rings is 1. The van der Waals surface area contributed by atoms with Crippen LogP contribution in [0.4, 0.5) is 5.00 Å². The minimum absolute atomic E-state index is 0.122. The van der Waals surface area contributed by atoms with Gasteiger partial charge in [-0.1, -0.05) is 29.8 Å². The second-order valence-electron chi connectivity index (χ2n) is 6.83. The molecule has 0 radical (unpaired) electrons. The van der Waals surface area contributed by atoms with Gasteiger partial charge < -0.3 is 15.4 Å². The summed E-state index contributed by atoms with van der Waals surface area (Å²) in [6.45, 7) is 1.15. The molecule has 2 amide bonds. The summed E-state index contributed by atoms with van der Waals surface area (Å²) < 4.78 is 5.03. The van der Waals surface area contributed by atoms with Crippen LogP contribution in [0.5, 0.6) is 0 Å². The largest absolute Gasteiger partial charge is 0.385 e. The SMILES string of the molecule is COCCCNC(=O)c1c(NC(=O)Cc2ccccc2Cl)sc2c1CCCC2. The second kappa shape index (κ2) is 10.0. The van der Waals surface area contributed by atoms with E-state index in [1.807, 2.05) is 18.2 Å². The number of methoxy groups -OCH3 is 1. The normalized spacial score (nSPS) is 13.1. The first-order valence-corrected chi connectivity index (χ1v) is 10.7. The number of hydrogen-bond donors (Lipinski definition) is 2. The molecule has 0 saturated heterocycles. The number of hydrogen-bond acceptors (Lipinski definition) is 4. The Morgan fingerprint density at radius 2 is 2.00 bits per heavy atom. The summed E-state index contributed by atoms with van der Waals surface area (Å²) >= 11 is 7.69. The molecule has 1 aliphatic rings. The third-order valence-electron chi connectivity index (χ3n) is 4.77. The van der Waals surface area contributed by atoms with Crippen molar-refractivity contribution in [1.29, 1.82) is 0 Å². The number of fused-ring (bicyclic) bond motifs is 1. The van der Waals surface area contributed by atoms with Crippen molar-refractivity contribution in [3.05, 3.63) is 50.9 Å². The number of halogens is 1. The number of rotatable bonds is 8. The lowest BCUT2D eigenvalue weighted by Crippen LogP contribution is -2.27. The first-order valence-electron chi connectivity index (χ1n) is 9.55. The summed E-state index contributed by atoms with van der Waals surface area (Å²) in [4.78, 5) is 26.7. The van der Waals surface area contributed by atoms with Crippen LogP contribution in [0.3, 0.4) is 0 Å². The topological polar surface area (TPSA) is 67.4 Å². The highest BCUT2D eigenvalue weighted by molar-refractivity contribution is 7.17. The minimum atomic E-state index is -0.167. The number of carbonyl (C=O) groups is 2. The molecule has 0 aliphatic heterocycles. The van der Waals surface area contributed by atoms with Gasteiger partial charge in [-0.05, 0) is 49.3 Å². The zero-order valence-electron chi connectivity index (χ0n) is 16.0. The van der Waals surface area contributed by atoms with Crippen molar-refractivity contribution in [3.8, 4) is 0 Å². The van der Waals surface area contributed by atoms with Gasteiger partial charge in [0.25, 0.3) is 5.91 Å². The number of aryl methyl sites for hydroxylation is 1. The number of anilines is 1. The van der Waals surface area contributed by atoms with Crippen LogP contribution in [-0.4, -0.2) is 32.1 Å². The Morgan fingerprint density at radius 1 is 1.21 bits per heavy atom. The molecule has 0 spiro atoms. The first kappa shape index (κ1) is 20.8. The number of nitrogens with one attached hydrogen (secondary N) is 2. The van der Waals surface area contributed by atoms with E-state index in [0.29, 0.717) is 28.7 Å². The molecule has 7 heteroatoms. The van der Waals surface area contributed by atoms with Crippen molar-refractivity contribution in [2.75, 3.05) is 25.6 Å². The number of ether oxygens (including phenoxy) is 1. The van der Waals surface area contributed by atoms with Crippen molar-refractivity contribution in [1.82, 2.24) is 5.32 Å². The van der Waals surface area contributed by atoms with E-state index in [4.69, 9.17) is 16.3 Å². The highest BCUT2D eigenvalue weighted by atomic mass is 35.5. The minimum Gasteiger partial charge on any atom is -0.385 e. The van der Waals surface area contributed by atoms with E-state index in [1.165, 1.54) is 16.2 Å². The van der Waals surface area contributed by atoms with Gasteiger partial charge in [0, 0.05) is 30.2 Å². The summed E-state index contributed by atoms with van der Waals surface area (Å²) in [7, 11) is 1.64. The molecule has 28 heavy (non-hydrogen) atoms. The van der Waals surface area contributed by atoms with Gasteiger partial charge in [-0.3, -0.25) is 9.59 Å². The van der Waals surface area contributed by atoms with Crippen LogP contribution in [0.15, 0.2) is 24.3 Å². The molecule has 150 valence electrons. The number of amides is 2. The molecule has 0 saturated carbocycles.